The zero-order valence-electron chi connectivity index (χ0n) is 12.4. The van der Waals surface area contributed by atoms with E-state index in [1.165, 1.54) is 32.1 Å². The van der Waals surface area contributed by atoms with Crippen molar-refractivity contribution in [3.63, 3.8) is 0 Å². The zero-order valence-corrected chi connectivity index (χ0v) is 12.4. The van der Waals surface area contributed by atoms with Crippen molar-refractivity contribution in [2.45, 2.75) is 58.3 Å². The molecule has 3 heteroatoms. The van der Waals surface area contributed by atoms with E-state index >= 15 is 0 Å². The number of nitrogens with zero attached hydrogens (tertiary/aromatic N) is 1. The molecule has 0 aromatic rings. The highest BCUT2D eigenvalue weighted by molar-refractivity contribution is 5.78. The zero-order chi connectivity index (χ0) is 13.7. The highest BCUT2D eigenvalue weighted by Gasteiger charge is 2.36. The Morgan fingerprint density at radius 2 is 1.89 bits per heavy atom. The first kappa shape index (κ1) is 14.8. The van der Waals surface area contributed by atoms with Crippen LogP contribution >= 0.6 is 0 Å². The molecule has 110 valence electrons. The van der Waals surface area contributed by atoms with Gasteiger partial charge in [-0.15, -0.1) is 0 Å². The number of amides is 1. The summed E-state index contributed by atoms with van der Waals surface area (Å²) in [6, 6.07) is 0. The Kier molecular flexibility index (Phi) is 5.68. The molecule has 3 atom stereocenters. The molecule has 3 nitrogen and oxygen atoms in total. The van der Waals surface area contributed by atoms with Gasteiger partial charge in [-0.1, -0.05) is 25.7 Å². The maximum absolute atomic E-state index is 12.6. The Balaban J connectivity index is 1.88. The summed E-state index contributed by atoms with van der Waals surface area (Å²) < 4.78 is 0. The molecule has 0 aromatic heterocycles. The minimum atomic E-state index is 0.303. The third-order valence-electron chi connectivity index (χ3n) is 5.21. The highest BCUT2D eigenvalue weighted by Crippen LogP contribution is 2.43. The Morgan fingerprint density at radius 3 is 2.58 bits per heavy atom. The van der Waals surface area contributed by atoms with Gasteiger partial charge in [0.1, 0.15) is 0 Å². The van der Waals surface area contributed by atoms with Crippen LogP contribution in [0.2, 0.25) is 0 Å². The summed E-state index contributed by atoms with van der Waals surface area (Å²) in [5, 5.41) is 0. The number of nitrogens with two attached hydrogens (primary N) is 1. The molecule has 2 rings (SSSR count). The van der Waals surface area contributed by atoms with E-state index in [-0.39, 0.29) is 0 Å². The molecule has 0 bridgehead atoms. The Morgan fingerprint density at radius 1 is 1.16 bits per heavy atom. The smallest absolute Gasteiger partial charge is 0.225 e. The fourth-order valence-electron chi connectivity index (χ4n) is 4.06. The summed E-state index contributed by atoms with van der Waals surface area (Å²) in [5.41, 5.74) is 5.56. The molecule has 0 aromatic carbocycles. The van der Waals surface area contributed by atoms with E-state index in [0.717, 1.165) is 44.2 Å². The van der Waals surface area contributed by atoms with Crippen molar-refractivity contribution in [1.29, 1.82) is 0 Å². The average molecular weight is 266 g/mol. The first-order valence-electron chi connectivity index (χ1n) is 8.25. The lowest BCUT2D eigenvalue weighted by Crippen LogP contribution is -2.41. The van der Waals surface area contributed by atoms with Gasteiger partial charge >= 0.3 is 0 Å². The molecular formula is C16H30N2O. The summed E-state index contributed by atoms with van der Waals surface area (Å²) in [6.45, 7) is 4.44. The SMILES string of the molecule is CCN(CCCN)C(=O)C1CCC2CCCCC2C1. The van der Waals surface area contributed by atoms with Crippen molar-refractivity contribution >= 4 is 5.91 Å². The number of carbonyl (C=O) groups excluding carboxylic acids is 1. The quantitative estimate of drug-likeness (QED) is 0.831. The lowest BCUT2D eigenvalue weighted by atomic mass is 9.67. The van der Waals surface area contributed by atoms with Crippen LogP contribution in [0.5, 0.6) is 0 Å². The number of fused-ring (bicyclic) bond motifs is 1. The molecule has 0 radical (unpaired) electrons. The van der Waals surface area contributed by atoms with Crippen molar-refractivity contribution in [2.24, 2.45) is 23.5 Å². The van der Waals surface area contributed by atoms with Crippen LogP contribution in [0.1, 0.15) is 58.3 Å². The second-order valence-corrected chi connectivity index (χ2v) is 6.37. The van der Waals surface area contributed by atoms with Crippen LogP contribution in [-0.4, -0.2) is 30.4 Å². The van der Waals surface area contributed by atoms with Crippen LogP contribution in [0.15, 0.2) is 0 Å². The summed E-state index contributed by atoms with van der Waals surface area (Å²) in [7, 11) is 0. The van der Waals surface area contributed by atoms with E-state index in [1.807, 2.05) is 4.90 Å². The molecule has 2 saturated carbocycles. The lowest BCUT2D eigenvalue weighted by Gasteiger charge is -2.40. The van der Waals surface area contributed by atoms with Crippen LogP contribution < -0.4 is 5.73 Å². The molecule has 19 heavy (non-hydrogen) atoms. The van der Waals surface area contributed by atoms with E-state index in [4.69, 9.17) is 5.73 Å². The van der Waals surface area contributed by atoms with E-state index < -0.39 is 0 Å². The third kappa shape index (κ3) is 3.71. The van der Waals surface area contributed by atoms with Gasteiger partial charge < -0.3 is 10.6 Å². The van der Waals surface area contributed by atoms with Crippen molar-refractivity contribution in [3.8, 4) is 0 Å². The van der Waals surface area contributed by atoms with Gasteiger partial charge in [-0.25, -0.2) is 0 Å². The Hall–Kier alpha value is -0.570. The topological polar surface area (TPSA) is 46.3 Å². The maximum Gasteiger partial charge on any atom is 0.225 e. The largest absolute Gasteiger partial charge is 0.343 e. The number of rotatable bonds is 5. The first-order valence-corrected chi connectivity index (χ1v) is 8.25. The van der Waals surface area contributed by atoms with E-state index in [1.54, 1.807) is 0 Å². The summed E-state index contributed by atoms with van der Waals surface area (Å²) >= 11 is 0. The Bertz CT molecular complexity index is 292. The fourth-order valence-corrected chi connectivity index (χ4v) is 4.06. The Labute approximate surface area is 117 Å². The molecule has 2 N–H and O–H groups in total. The number of hydrogen-bond acceptors (Lipinski definition) is 2. The van der Waals surface area contributed by atoms with Crippen molar-refractivity contribution in [1.82, 2.24) is 4.90 Å². The van der Waals surface area contributed by atoms with Gasteiger partial charge in [-0.3, -0.25) is 4.79 Å². The van der Waals surface area contributed by atoms with Gasteiger partial charge in [0.25, 0.3) is 0 Å². The minimum Gasteiger partial charge on any atom is -0.343 e. The first-order chi connectivity index (χ1) is 9.26. The normalized spacial score (nSPS) is 30.7. The number of carbonyl (C=O) groups is 1. The molecule has 0 saturated heterocycles. The number of hydrogen-bond donors (Lipinski definition) is 1. The molecule has 2 aliphatic carbocycles. The molecule has 2 fully saturated rings. The predicted octanol–water partition coefficient (Wildman–Crippen LogP) is 2.79. The van der Waals surface area contributed by atoms with Gasteiger partial charge in [-0.05, 0) is 51.0 Å². The molecule has 3 unspecified atom stereocenters. The second-order valence-electron chi connectivity index (χ2n) is 6.37. The maximum atomic E-state index is 12.6. The molecule has 0 spiro atoms. The standard InChI is InChI=1S/C16H30N2O/c1-2-18(11-5-10-17)16(19)15-9-8-13-6-3-4-7-14(13)12-15/h13-15H,2-12,17H2,1H3. The van der Waals surface area contributed by atoms with Gasteiger partial charge in [-0.2, -0.15) is 0 Å². The van der Waals surface area contributed by atoms with Gasteiger partial charge in [0.15, 0.2) is 0 Å². The van der Waals surface area contributed by atoms with Crippen LogP contribution in [-0.2, 0) is 4.79 Å². The van der Waals surface area contributed by atoms with E-state index in [9.17, 15) is 4.79 Å². The van der Waals surface area contributed by atoms with Gasteiger partial charge in [0.2, 0.25) is 5.91 Å². The van der Waals surface area contributed by atoms with Crippen LogP contribution in [0, 0.1) is 17.8 Å². The lowest BCUT2D eigenvalue weighted by molar-refractivity contribution is -0.137. The van der Waals surface area contributed by atoms with Crippen molar-refractivity contribution < 1.29 is 4.79 Å². The summed E-state index contributed by atoms with van der Waals surface area (Å²) in [6.07, 6.45) is 10.1. The van der Waals surface area contributed by atoms with Crippen LogP contribution in [0.3, 0.4) is 0 Å². The fraction of sp³-hybridized carbons (Fsp3) is 0.938. The van der Waals surface area contributed by atoms with E-state index in [2.05, 4.69) is 6.92 Å². The highest BCUT2D eigenvalue weighted by atomic mass is 16.2. The molecule has 1 amide bonds. The van der Waals surface area contributed by atoms with E-state index in [0.29, 0.717) is 18.4 Å². The predicted molar refractivity (Wildman–Crippen MR) is 78.7 cm³/mol. The molecule has 0 heterocycles. The monoisotopic (exact) mass is 266 g/mol. The molecule has 0 aliphatic heterocycles. The van der Waals surface area contributed by atoms with Crippen LogP contribution in [0.4, 0.5) is 0 Å². The summed E-state index contributed by atoms with van der Waals surface area (Å²) in [5.74, 6) is 2.47. The van der Waals surface area contributed by atoms with Gasteiger partial charge in [0, 0.05) is 19.0 Å². The van der Waals surface area contributed by atoms with Crippen molar-refractivity contribution in [2.75, 3.05) is 19.6 Å². The third-order valence-corrected chi connectivity index (χ3v) is 5.21. The molecule has 2 aliphatic rings. The average Bonchev–Trinajstić information content (AvgIpc) is 2.47. The second kappa shape index (κ2) is 7.28. The van der Waals surface area contributed by atoms with Crippen molar-refractivity contribution in [3.05, 3.63) is 0 Å². The van der Waals surface area contributed by atoms with Crippen LogP contribution in [0.25, 0.3) is 0 Å². The molecular weight excluding hydrogens is 236 g/mol. The van der Waals surface area contributed by atoms with Gasteiger partial charge in [0.05, 0.1) is 0 Å². The summed E-state index contributed by atoms with van der Waals surface area (Å²) in [4.78, 5) is 14.6. The minimum absolute atomic E-state index is 0.303.